The van der Waals surface area contributed by atoms with Crippen molar-refractivity contribution in [3.63, 3.8) is 0 Å². The van der Waals surface area contributed by atoms with E-state index in [9.17, 15) is 24.9 Å². The molecule has 2 aliphatic carbocycles. The van der Waals surface area contributed by atoms with E-state index in [0.29, 0.717) is 31.6 Å². The van der Waals surface area contributed by atoms with Crippen molar-refractivity contribution < 1.29 is 29.6 Å². The number of ether oxygens (including phenoxy) is 1. The number of nitrogens with one attached hydrogen (secondary N) is 1. The lowest BCUT2D eigenvalue weighted by molar-refractivity contribution is -0.166. The van der Waals surface area contributed by atoms with Crippen LogP contribution in [0.5, 0.6) is 0 Å². The summed E-state index contributed by atoms with van der Waals surface area (Å²) in [6.07, 6.45) is 1.69. The second kappa shape index (κ2) is 10.7. The summed E-state index contributed by atoms with van der Waals surface area (Å²) in [6.45, 7) is 13.4. The molecule has 3 aliphatic heterocycles. The Hall–Kier alpha value is -3.04. The molecule has 5 aliphatic rings. The van der Waals surface area contributed by atoms with E-state index in [1.54, 1.807) is 0 Å². The Morgan fingerprint density at radius 3 is 2.48 bits per heavy atom. The third-order valence-electron chi connectivity index (χ3n) is 13.3. The first-order valence-corrected chi connectivity index (χ1v) is 16.9. The Morgan fingerprint density at radius 2 is 1.80 bits per heavy atom. The van der Waals surface area contributed by atoms with E-state index < -0.39 is 40.5 Å². The topological polar surface area (TPSA) is 119 Å². The van der Waals surface area contributed by atoms with E-state index in [0.717, 1.165) is 47.1 Å². The van der Waals surface area contributed by atoms with Crippen LogP contribution in [-0.4, -0.2) is 64.1 Å². The van der Waals surface area contributed by atoms with Gasteiger partial charge in [0.2, 0.25) is 0 Å². The molecule has 2 saturated carbocycles. The summed E-state index contributed by atoms with van der Waals surface area (Å²) in [7, 11) is 0. The van der Waals surface area contributed by atoms with Gasteiger partial charge in [0, 0.05) is 29.8 Å². The van der Waals surface area contributed by atoms with E-state index in [1.165, 1.54) is 0 Å². The molecule has 46 heavy (non-hydrogen) atoms. The molecule has 2 aromatic carbocycles. The van der Waals surface area contributed by atoms with E-state index in [1.807, 2.05) is 63.2 Å². The fraction of sp³-hybridized carbons (Fsp3) is 0.579. The SMILES string of the molecule is C=C1CC[C@@H]2[C@](C)(CO)[C@H](O)CC[C@@]2(C)[C@@H]1CC1CN(Cc2ccccc2)[C@@]2(C(=O)Nc3c(C)cc(C)cc32)[C@]12C(=O)OC[C@H]2O. The second-order valence-electron chi connectivity index (χ2n) is 15.5. The number of rotatable bonds is 5. The first-order chi connectivity index (χ1) is 21.8. The minimum absolute atomic E-state index is 0.0380. The van der Waals surface area contributed by atoms with Gasteiger partial charge in [-0.05, 0) is 80.2 Å². The summed E-state index contributed by atoms with van der Waals surface area (Å²) in [6, 6.07) is 14.0. The van der Waals surface area contributed by atoms with Gasteiger partial charge in [0.05, 0.1) is 12.7 Å². The maximum atomic E-state index is 14.8. The van der Waals surface area contributed by atoms with Gasteiger partial charge in [0.1, 0.15) is 23.7 Å². The van der Waals surface area contributed by atoms with Crippen LogP contribution in [0.4, 0.5) is 5.69 Å². The van der Waals surface area contributed by atoms with E-state index in [-0.39, 0.29) is 36.4 Å². The maximum Gasteiger partial charge on any atom is 0.318 e. The van der Waals surface area contributed by atoms with Crippen LogP contribution in [0.25, 0.3) is 0 Å². The lowest BCUT2D eigenvalue weighted by atomic mass is 9.45. The zero-order valence-corrected chi connectivity index (χ0v) is 27.5. The quantitative estimate of drug-likeness (QED) is 0.282. The largest absolute Gasteiger partial charge is 0.462 e. The van der Waals surface area contributed by atoms with Gasteiger partial charge in [-0.2, -0.15) is 0 Å². The van der Waals surface area contributed by atoms with Crippen LogP contribution >= 0.6 is 0 Å². The van der Waals surface area contributed by atoms with E-state index in [4.69, 9.17) is 4.74 Å². The molecular formula is C38H48N2O6. The normalized spacial score (nSPS) is 40.3. The van der Waals surface area contributed by atoms with Gasteiger partial charge in [-0.3, -0.25) is 14.5 Å². The van der Waals surface area contributed by atoms with Crippen molar-refractivity contribution in [3.05, 3.63) is 76.9 Å². The van der Waals surface area contributed by atoms with Gasteiger partial charge >= 0.3 is 5.97 Å². The number of allylic oxidation sites excluding steroid dienone is 1. The third kappa shape index (κ3) is 3.93. The Morgan fingerprint density at radius 1 is 1.07 bits per heavy atom. The molecule has 2 saturated heterocycles. The average molecular weight is 629 g/mol. The van der Waals surface area contributed by atoms with Crippen molar-refractivity contribution in [1.82, 2.24) is 4.90 Å². The number of cyclic esters (lactones) is 1. The number of carbonyl (C=O) groups is 2. The van der Waals surface area contributed by atoms with Crippen LogP contribution in [0.1, 0.15) is 68.2 Å². The van der Waals surface area contributed by atoms with Crippen molar-refractivity contribution in [1.29, 1.82) is 0 Å². The average Bonchev–Trinajstić information content (AvgIpc) is 3.60. The summed E-state index contributed by atoms with van der Waals surface area (Å²) >= 11 is 0. The number of aliphatic hydroxyl groups is 3. The van der Waals surface area contributed by atoms with Crippen LogP contribution in [0.15, 0.2) is 54.6 Å². The minimum Gasteiger partial charge on any atom is -0.462 e. The number of anilines is 1. The molecule has 8 nitrogen and oxygen atoms in total. The summed E-state index contributed by atoms with van der Waals surface area (Å²) in [5.41, 5.74) is 1.48. The number of likely N-dealkylation sites (tertiary alicyclic amines) is 1. The summed E-state index contributed by atoms with van der Waals surface area (Å²) in [4.78, 5) is 31.4. The number of fused-ring (bicyclic) bond motifs is 4. The lowest BCUT2D eigenvalue weighted by Gasteiger charge is -2.60. The first kappa shape index (κ1) is 31.6. The number of amides is 1. The molecule has 7 rings (SSSR count). The number of carbonyl (C=O) groups excluding carboxylic acids is 2. The summed E-state index contributed by atoms with van der Waals surface area (Å²) < 4.78 is 5.77. The molecule has 4 fully saturated rings. The molecular weight excluding hydrogens is 580 g/mol. The monoisotopic (exact) mass is 628 g/mol. The van der Waals surface area contributed by atoms with Crippen molar-refractivity contribution >= 4 is 17.6 Å². The van der Waals surface area contributed by atoms with Crippen LogP contribution in [0.3, 0.4) is 0 Å². The first-order valence-electron chi connectivity index (χ1n) is 16.9. The Kier molecular flexibility index (Phi) is 7.37. The maximum absolute atomic E-state index is 14.8. The fourth-order valence-corrected chi connectivity index (χ4v) is 11.1. The fourth-order valence-electron chi connectivity index (χ4n) is 11.1. The molecule has 0 bridgehead atoms. The van der Waals surface area contributed by atoms with Crippen molar-refractivity contribution in [2.24, 2.45) is 34.0 Å². The molecule has 8 heteroatoms. The number of nitrogens with zero attached hydrogens (tertiary/aromatic N) is 1. The molecule has 1 unspecified atom stereocenters. The second-order valence-corrected chi connectivity index (χ2v) is 15.5. The highest BCUT2D eigenvalue weighted by Gasteiger charge is 2.79. The zero-order valence-electron chi connectivity index (χ0n) is 27.5. The van der Waals surface area contributed by atoms with Gasteiger partial charge in [0.25, 0.3) is 5.91 Å². The van der Waals surface area contributed by atoms with Crippen LogP contribution in [-0.2, 0) is 26.4 Å². The number of esters is 1. The molecule has 2 aromatic rings. The molecule has 2 spiro atoms. The highest BCUT2D eigenvalue weighted by atomic mass is 16.6. The Labute approximate surface area is 271 Å². The summed E-state index contributed by atoms with van der Waals surface area (Å²) in [5, 5.41) is 37.0. The van der Waals surface area contributed by atoms with Crippen molar-refractivity contribution in [2.45, 2.75) is 84.1 Å². The highest BCUT2D eigenvalue weighted by Crippen LogP contribution is 2.68. The van der Waals surface area contributed by atoms with Gasteiger partial charge in [-0.1, -0.05) is 74.0 Å². The molecule has 246 valence electrons. The summed E-state index contributed by atoms with van der Waals surface area (Å²) in [5.74, 6) is -1.23. The molecule has 4 N–H and O–H groups in total. The van der Waals surface area contributed by atoms with Crippen molar-refractivity contribution in [3.8, 4) is 0 Å². The van der Waals surface area contributed by atoms with Gasteiger partial charge in [0.15, 0.2) is 0 Å². The van der Waals surface area contributed by atoms with Crippen LogP contribution < -0.4 is 5.32 Å². The van der Waals surface area contributed by atoms with Gasteiger partial charge < -0.3 is 25.4 Å². The lowest BCUT2D eigenvalue weighted by Crippen LogP contribution is -2.63. The number of benzene rings is 2. The van der Waals surface area contributed by atoms with Gasteiger partial charge in [-0.25, -0.2) is 0 Å². The molecule has 3 heterocycles. The molecule has 1 amide bonds. The van der Waals surface area contributed by atoms with Crippen molar-refractivity contribution in [2.75, 3.05) is 25.1 Å². The standard InChI is InChI=1S/C38H48N2O6/c1-22-15-24(3)32-28(16-22)38(33(44)39-32)37(31(43)20-46-34(37)45)26(19-40(38)18-25-9-7-6-8-10-25)17-27-23(2)11-12-29-35(27,4)14-13-30(42)36(29,5)21-41/h6-10,15-16,26-27,29-31,41-43H,2,11-14,17-21H2,1,3-5H3,(H,39,44)/t26?,27-,29+,30-,31-,35+,36+,37-,38+/m1/s1. The van der Waals surface area contributed by atoms with E-state index in [2.05, 4.69) is 23.7 Å². The predicted octanol–water partition coefficient (Wildman–Crippen LogP) is 4.62. The van der Waals surface area contributed by atoms with E-state index >= 15 is 0 Å². The zero-order chi connectivity index (χ0) is 32.8. The minimum atomic E-state index is -1.55. The van der Waals surface area contributed by atoms with Crippen LogP contribution in [0, 0.1) is 47.8 Å². The number of aliphatic hydroxyl groups excluding tert-OH is 3. The van der Waals surface area contributed by atoms with Gasteiger partial charge in [-0.15, -0.1) is 0 Å². The Bertz CT molecular complexity index is 1590. The molecule has 0 radical (unpaired) electrons. The third-order valence-corrected chi connectivity index (χ3v) is 13.3. The number of hydrogen-bond acceptors (Lipinski definition) is 7. The predicted molar refractivity (Wildman–Crippen MR) is 174 cm³/mol. The molecule has 9 atom stereocenters. The molecule has 0 aromatic heterocycles. The van der Waals surface area contributed by atoms with Crippen LogP contribution in [0.2, 0.25) is 0 Å². The smallest absolute Gasteiger partial charge is 0.318 e. The number of aryl methyl sites for hydroxylation is 2. The highest BCUT2D eigenvalue weighted by molar-refractivity contribution is 6.11. The Balaban J connectivity index is 1.41. The number of hydrogen-bond donors (Lipinski definition) is 4.